The molecular weight excluding hydrogens is 254 g/mol. The quantitative estimate of drug-likeness (QED) is 0.796. The SMILES string of the molecule is CCC[C@@H](C)NC(=O)CCc1ccc(OC)c(OC)c1. The summed E-state index contributed by atoms with van der Waals surface area (Å²) in [7, 11) is 3.22. The fraction of sp³-hybridized carbons (Fsp3) is 0.562. The summed E-state index contributed by atoms with van der Waals surface area (Å²) < 4.78 is 10.4. The predicted molar refractivity (Wildman–Crippen MR) is 80.4 cm³/mol. The molecule has 0 saturated heterocycles. The maximum absolute atomic E-state index is 11.8. The number of methoxy groups -OCH3 is 2. The van der Waals surface area contributed by atoms with Gasteiger partial charge in [0.15, 0.2) is 11.5 Å². The fourth-order valence-corrected chi connectivity index (χ4v) is 2.15. The van der Waals surface area contributed by atoms with Gasteiger partial charge in [0, 0.05) is 12.5 Å². The molecule has 0 aliphatic carbocycles. The van der Waals surface area contributed by atoms with Crippen molar-refractivity contribution < 1.29 is 14.3 Å². The third kappa shape index (κ3) is 5.11. The first-order valence-corrected chi connectivity index (χ1v) is 7.11. The van der Waals surface area contributed by atoms with Gasteiger partial charge in [0.05, 0.1) is 14.2 Å². The highest BCUT2D eigenvalue weighted by molar-refractivity contribution is 5.76. The average molecular weight is 279 g/mol. The van der Waals surface area contributed by atoms with Gasteiger partial charge in [0.2, 0.25) is 5.91 Å². The van der Waals surface area contributed by atoms with Crippen molar-refractivity contribution in [3.05, 3.63) is 23.8 Å². The summed E-state index contributed by atoms with van der Waals surface area (Å²) in [5.41, 5.74) is 1.07. The van der Waals surface area contributed by atoms with Crippen LogP contribution in [-0.4, -0.2) is 26.2 Å². The van der Waals surface area contributed by atoms with E-state index in [9.17, 15) is 4.79 Å². The minimum Gasteiger partial charge on any atom is -0.493 e. The lowest BCUT2D eigenvalue weighted by Gasteiger charge is -2.13. The van der Waals surface area contributed by atoms with Gasteiger partial charge in [-0.2, -0.15) is 0 Å². The van der Waals surface area contributed by atoms with Crippen LogP contribution in [0.4, 0.5) is 0 Å². The van der Waals surface area contributed by atoms with E-state index in [2.05, 4.69) is 12.2 Å². The maximum Gasteiger partial charge on any atom is 0.220 e. The highest BCUT2D eigenvalue weighted by Gasteiger charge is 2.08. The molecule has 0 radical (unpaired) electrons. The highest BCUT2D eigenvalue weighted by Crippen LogP contribution is 2.27. The maximum atomic E-state index is 11.8. The monoisotopic (exact) mass is 279 g/mol. The van der Waals surface area contributed by atoms with Gasteiger partial charge >= 0.3 is 0 Å². The molecule has 1 atom stereocenters. The molecule has 0 aromatic heterocycles. The van der Waals surface area contributed by atoms with E-state index in [0.29, 0.717) is 24.3 Å². The molecule has 0 heterocycles. The molecule has 1 amide bonds. The van der Waals surface area contributed by atoms with E-state index in [1.54, 1.807) is 14.2 Å². The van der Waals surface area contributed by atoms with Gasteiger partial charge in [-0.1, -0.05) is 19.4 Å². The fourth-order valence-electron chi connectivity index (χ4n) is 2.15. The van der Waals surface area contributed by atoms with Gasteiger partial charge in [-0.3, -0.25) is 4.79 Å². The third-order valence-electron chi connectivity index (χ3n) is 3.22. The molecular formula is C16H25NO3. The number of nitrogens with one attached hydrogen (secondary N) is 1. The summed E-state index contributed by atoms with van der Waals surface area (Å²) in [5.74, 6) is 1.50. The smallest absolute Gasteiger partial charge is 0.220 e. The van der Waals surface area contributed by atoms with Crippen molar-refractivity contribution in [1.29, 1.82) is 0 Å². The lowest BCUT2D eigenvalue weighted by molar-refractivity contribution is -0.121. The van der Waals surface area contributed by atoms with Crippen molar-refractivity contribution in [3.63, 3.8) is 0 Å². The van der Waals surface area contributed by atoms with Crippen LogP contribution in [0.15, 0.2) is 18.2 Å². The van der Waals surface area contributed by atoms with Crippen LogP contribution in [-0.2, 0) is 11.2 Å². The van der Waals surface area contributed by atoms with Gasteiger partial charge < -0.3 is 14.8 Å². The van der Waals surface area contributed by atoms with Crippen LogP contribution < -0.4 is 14.8 Å². The summed E-state index contributed by atoms with van der Waals surface area (Å²) in [6.45, 7) is 4.16. The average Bonchev–Trinajstić information content (AvgIpc) is 2.44. The molecule has 0 saturated carbocycles. The molecule has 112 valence electrons. The van der Waals surface area contributed by atoms with Crippen LogP contribution in [0, 0.1) is 0 Å². The molecule has 0 aliphatic heterocycles. The van der Waals surface area contributed by atoms with Crippen molar-refractivity contribution in [1.82, 2.24) is 5.32 Å². The highest BCUT2D eigenvalue weighted by atomic mass is 16.5. The number of hydrogen-bond donors (Lipinski definition) is 1. The minimum atomic E-state index is 0.0979. The first kappa shape index (κ1) is 16.3. The van der Waals surface area contributed by atoms with Gasteiger partial charge in [0.25, 0.3) is 0 Å². The zero-order valence-electron chi connectivity index (χ0n) is 12.9. The molecule has 0 bridgehead atoms. The largest absolute Gasteiger partial charge is 0.493 e. The molecule has 1 aromatic carbocycles. The van der Waals surface area contributed by atoms with Gasteiger partial charge in [0.1, 0.15) is 0 Å². The molecule has 1 rings (SSSR count). The number of benzene rings is 1. The zero-order valence-corrected chi connectivity index (χ0v) is 12.9. The molecule has 20 heavy (non-hydrogen) atoms. The Morgan fingerprint density at radius 2 is 1.95 bits per heavy atom. The first-order valence-electron chi connectivity index (χ1n) is 7.11. The molecule has 0 unspecified atom stereocenters. The Labute approximate surface area is 121 Å². The molecule has 0 aliphatic rings. The summed E-state index contributed by atoms with van der Waals surface area (Å²) >= 11 is 0. The number of rotatable bonds is 8. The summed E-state index contributed by atoms with van der Waals surface area (Å²) in [6.07, 6.45) is 3.29. The van der Waals surface area contributed by atoms with E-state index in [1.807, 2.05) is 25.1 Å². The Kier molecular flexibility index (Phi) is 6.91. The van der Waals surface area contributed by atoms with Crippen LogP contribution in [0.5, 0.6) is 11.5 Å². The lowest BCUT2D eigenvalue weighted by Crippen LogP contribution is -2.32. The normalized spacial score (nSPS) is 11.8. The Morgan fingerprint density at radius 1 is 1.25 bits per heavy atom. The van der Waals surface area contributed by atoms with E-state index >= 15 is 0 Å². The van der Waals surface area contributed by atoms with Crippen LogP contribution in [0.3, 0.4) is 0 Å². The molecule has 0 spiro atoms. The molecule has 0 fully saturated rings. The van der Waals surface area contributed by atoms with Crippen molar-refractivity contribution in [2.45, 2.75) is 45.6 Å². The van der Waals surface area contributed by atoms with E-state index in [-0.39, 0.29) is 11.9 Å². The minimum absolute atomic E-state index is 0.0979. The molecule has 4 nitrogen and oxygen atoms in total. The van der Waals surface area contributed by atoms with Crippen molar-refractivity contribution in [2.75, 3.05) is 14.2 Å². The summed E-state index contributed by atoms with van der Waals surface area (Å²) in [5, 5.41) is 3.01. The van der Waals surface area contributed by atoms with Gasteiger partial charge in [-0.05, 0) is 37.5 Å². The number of hydrogen-bond acceptors (Lipinski definition) is 3. The lowest BCUT2D eigenvalue weighted by atomic mass is 10.1. The van der Waals surface area contributed by atoms with Crippen molar-refractivity contribution in [2.24, 2.45) is 0 Å². The summed E-state index contributed by atoms with van der Waals surface area (Å²) in [6, 6.07) is 6.00. The molecule has 1 N–H and O–H groups in total. The van der Waals surface area contributed by atoms with E-state index in [1.165, 1.54) is 0 Å². The number of aryl methyl sites for hydroxylation is 1. The number of carbonyl (C=O) groups excluding carboxylic acids is 1. The topological polar surface area (TPSA) is 47.6 Å². The Balaban J connectivity index is 2.51. The standard InChI is InChI=1S/C16H25NO3/c1-5-6-12(2)17-16(18)10-8-13-7-9-14(19-3)15(11-13)20-4/h7,9,11-12H,5-6,8,10H2,1-4H3,(H,17,18)/t12-/m1/s1. The van der Waals surface area contributed by atoms with Gasteiger partial charge in [-0.15, -0.1) is 0 Å². The predicted octanol–water partition coefficient (Wildman–Crippen LogP) is 2.94. The number of carbonyl (C=O) groups is 1. The Bertz CT molecular complexity index is 432. The van der Waals surface area contributed by atoms with Crippen molar-refractivity contribution >= 4 is 5.91 Å². The molecule has 4 heteroatoms. The Hall–Kier alpha value is -1.71. The van der Waals surface area contributed by atoms with E-state index in [0.717, 1.165) is 18.4 Å². The number of amides is 1. The second-order valence-electron chi connectivity index (χ2n) is 4.95. The second kappa shape index (κ2) is 8.46. The van der Waals surface area contributed by atoms with Crippen LogP contribution in [0.1, 0.15) is 38.7 Å². The Morgan fingerprint density at radius 3 is 2.55 bits per heavy atom. The van der Waals surface area contributed by atoms with Crippen LogP contribution in [0.2, 0.25) is 0 Å². The van der Waals surface area contributed by atoms with Gasteiger partial charge in [-0.25, -0.2) is 0 Å². The van der Waals surface area contributed by atoms with Crippen molar-refractivity contribution in [3.8, 4) is 11.5 Å². The summed E-state index contributed by atoms with van der Waals surface area (Å²) in [4.78, 5) is 11.8. The first-order chi connectivity index (χ1) is 9.60. The number of ether oxygens (including phenoxy) is 2. The van der Waals surface area contributed by atoms with Crippen LogP contribution in [0.25, 0.3) is 0 Å². The molecule has 1 aromatic rings. The second-order valence-corrected chi connectivity index (χ2v) is 4.95. The van der Waals surface area contributed by atoms with E-state index in [4.69, 9.17) is 9.47 Å². The zero-order chi connectivity index (χ0) is 15.0. The third-order valence-corrected chi connectivity index (χ3v) is 3.22. The van der Waals surface area contributed by atoms with Crippen LogP contribution >= 0.6 is 0 Å². The van der Waals surface area contributed by atoms with E-state index < -0.39 is 0 Å².